The van der Waals surface area contributed by atoms with Crippen molar-refractivity contribution in [2.75, 3.05) is 31.1 Å². The zero-order chi connectivity index (χ0) is 19.3. The third-order valence-electron chi connectivity index (χ3n) is 6.18. The van der Waals surface area contributed by atoms with Gasteiger partial charge in [-0.1, -0.05) is 11.6 Å². The molecule has 0 amide bonds. The van der Waals surface area contributed by atoms with Crippen LogP contribution >= 0.6 is 11.6 Å². The van der Waals surface area contributed by atoms with E-state index in [1.165, 1.54) is 18.6 Å². The maximum Gasteiger partial charge on any atom is 0.146 e. The van der Waals surface area contributed by atoms with Crippen molar-refractivity contribution < 1.29 is 13.5 Å². The van der Waals surface area contributed by atoms with Crippen molar-refractivity contribution in [2.24, 2.45) is 0 Å². The van der Waals surface area contributed by atoms with E-state index in [1.54, 1.807) is 0 Å². The molecule has 3 heterocycles. The van der Waals surface area contributed by atoms with E-state index < -0.39 is 11.6 Å². The Balaban J connectivity index is 1.67. The number of ether oxygens (including phenoxy) is 1. The fourth-order valence-corrected chi connectivity index (χ4v) is 5.00. The van der Waals surface area contributed by atoms with Gasteiger partial charge >= 0.3 is 0 Å². The van der Waals surface area contributed by atoms with Gasteiger partial charge in [-0.05, 0) is 62.1 Å². The van der Waals surface area contributed by atoms with E-state index in [2.05, 4.69) is 10.2 Å². The first-order valence-electron chi connectivity index (χ1n) is 10.1. The average Bonchev–Trinajstić information content (AvgIpc) is 3.06. The van der Waals surface area contributed by atoms with Crippen LogP contribution in [0.5, 0.6) is 5.75 Å². The number of nitrogens with one attached hydrogen (secondary N) is 1. The fourth-order valence-electron chi connectivity index (χ4n) is 4.81. The summed E-state index contributed by atoms with van der Waals surface area (Å²) in [6.07, 6.45) is 4.54. The Kier molecular flexibility index (Phi) is 4.68. The lowest BCUT2D eigenvalue weighted by atomic mass is 9.88. The van der Waals surface area contributed by atoms with Crippen LogP contribution in [0, 0.1) is 11.6 Å². The van der Waals surface area contributed by atoms with Crippen LogP contribution < -0.4 is 15.0 Å². The van der Waals surface area contributed by atoms with Gasteiger partial charge in [-0.15, -0.1) is 0 Å². The maximum atomic E-state index is 14.7. The summed E-state index contributed by atoms with van der Waals surface area (Å²) in [5, 5.41) is 3.49. The first-order chi connectivity index (χ1) is 13.6. The first kappa shape index (κ1) is 18.2. The summed E-state index contributed by atoms with van der Waals surface area (Å²) >= 11 is 5.83. The molecule has 6 heteroatoms. The lowest BCUT2D eigenvalue weighted by Gasteiger charge is -2.30. The number of piperidine rings is 2. The molecule has 148 valence electrons. The van der Waals surface area contributed by atoms with Gasteiger partial charge in [-0.25, -0.2) is 8.78 Å². The van der Waals surface area contributed by atoms with Gasteiger partial charge in [0, 0.05) is 36.1 Å². The average molecular weight is 405 g/mol. The second kappa shape index (κ2) is 7.20. The predicted octanol–water partition coefficient (Wildman–Crippen LogP) is 5.11. The van der Waals surface area contributed by atoms with Gasteiger partial charge in [0.1, 0.15) is 23.5 Å². The second-order valence-electron chi connectivity index (χ2n) is 7.96. The second-order valence-corrected chi connectivity index (χ2v) is 8.40. The highest BCUT2D eigenvalue weighted by Crippen LogP contribution is 2.49. The first-order valence-corrected chi connectivity index (χ1v) is 10.4. The molecule has 2 aromatic rings. The number of rotatable bonds is 2. The van der Waals surface area contributed by atoms with E-state index in [4.69, 9.17) is 16.3 Å². The third-order valence-corrected chi connectivity index (χ3v) is 6.40. The van der Waals surface area contributed by atoms with Crippen LogP contribution in [0.15, 0.2) is 24.3 Å². The molecule has 0 saturated carbocycles. The van der Waals surface area contributed by atoms with E-state index in [9.17, 15) is 8.78 Å². The number of nitrogens with zero attached hydrogens (tertiary/aromatic N) is 1. The number of hydrogen-bond donors (Lipinski definition) is 1. The summed E-state index contributed by atoms with van der Waals surface area (Å²) in [5.41, 5.74) is 2.57. The summed E-state index contributed by atoms with van der Waals surface area (Å²) in [7, 11) is 0. The Labute approximate surface area is 168 Å². The van der Waals surface area contributed by atoms with Crippen LogP contribution in [0.1, 0.15) is 37.2 Å². The van der Waals surface area contributed by atoms with E-state index in [1.807, 2.05) is 12.1 Å². The summed E-state index contributed by atoms with van der Waals surface area (Å²) in [6.45, 7) is 3.64. The molecular weight excluding hydrogens is 382 g/mol. The molecular formula is C22H23ClF2N2O. The molecule has 2 aromatic carbocycles. The Morgan fingerprint density at radius 3 is 2.54 bits per heavy atom. The summed E-state index contributed by atoms with van der Waals surface area (Å²) in [4.78, 5) is 2.31. The Morgan fingerprint density at radius 2 is 1.79 bits per heavy atom. The van der Waals surface area contributed by atoms with Crippen LogP contribution in [0.25, 0.3) is 11.1 Å². The highest BCUT2D eigenvalue weighted by Gasteiger charge is 2.39. The van der Waals surface area contributed by atoms with Crippen molar-refractivity contribution in [3.8, 4) is 16.9 Å². The molecule has 3 aliphatic heterocycles. The largest absolute Gasteiger partial charge is 0.487 e. The molecule has 2 saturated heterocycles. The number of fused-ring (bicyclic) bond motifs is 3. The topological polar surface area (TPSA) is 24.5 Å². The molecule has 28 heavy (non-hydrogen) atoms. The SMILES string of the molecule is Fc1cc(Cl)cc(F)c1-c1cc2c(c(N3CCCCC3)c1)OC1CCNCC21. The van der Waals surface area contributed by atoms with Crippen molar-refractivity contribution in [3.05, 3.63) is 46.5 Å². The highest BCUT2D eigenvalue weighted by atomic mass is 35.5. The zero-order valence-corrected chi connectivity index (χ0v) is 16.4. The molecule has 0 radical (unpaired) electrons. The Morgan fingerprint density at radius 1 is 1.04 bits per heavy atom. The molecule has 0 aromatic heterocycles. The van der Waals surface area contributed by atoms with Crippen LogP contribution in [-0.4, -0.2) is 32.3 Å². The monoisotopic (exact) mass is 404 g/mol. The summed E-state index contributed by atoms with van der Waals surface area (Å²) in [5.74, 6) is -0.150. The van der Waals surface area contributed by atoms with Gasteiger partial charge in [0.25, 0.3) is 0 Å². The fraction of sp³-hybridized carbons (Fsp3) is 0.455. The molecule has 3 nitrogen and oxygen atoms in total. The number of halogens is 3. The van der Waals surface area contributed by atoms with Crippen molar-refractivity contribution in [2.45, 2.75) is 37.7 Å². The van der Waals surface area contributed by atoms with Gasteiger partial charge in [0.2, 0.25) is 0 Å². The predicted molar refractivity (Wildman–Crippen MR) is 108 cm³/mol. The molecule has 2 unspecified atom stereocenters. The minimum Gasteiger partial charge on any atom is -0.487 e. The Bertz CT molecular complexity index is 891. The van der Waals surface area contributed by atoms with Gasteiger partial charge in [0.15, 0.2) is 0 Å². The van der Waals surface area contributed by atoms with Crippen LogP contribution in [0.2, 0.25) is 5.02 Å². The molecule has 0 aliphatic carbocycles. The van der Waals surface area contributed by atoms with Crippen LogP contribution in [0.3, 0.4) is 0 Å². The minimum atomic E-state index is -0.633. The van der Waals surface area contributed by atoms with E-state index in [-0.39, 0.29) is 22.6 Å². The zero-order valence-electron chi connectivity index (χ0n) is 15.6. The van der Waals surface area contributed by atoms with Gasteiger partial charge in [-0.3, -0.25) is 0 Å². The normalized spacial score (nSPS) is 23.9. The lowest BCUT2D eigenvalue weighted by Crippen LogP contribution is -2.37. The highest BCUT2D eigenvalue weighted by molar-refractivity contribution is 6.30. The van der Waals surface area contributed by atoms with E-state index in [0.29, 0.717) is 5.56 Å². The molecule has 1 N–H and O–H groups in total. The summed E-state index contributed by atoms with van der Waals surface area (Å²) < 4.78 is 35.7. The smallest absolute Gasteiger partial charge is 0.146 e. The molecule has 3 aliphatic rings. The van der Waals surface area contributed by atoms with Gasteiger partial charge < -0.3 is 15.0 Å². The van der Waals surface area contributed by atoms with Crippen molar-refractivity contribution >= 4 is 17.3 Å². The quantitative estimate of drug-likeness (QED) is 0.752. The van der Waals surface area contributed by atoms with Crippen LogP contribution in [0.4, 0.5) is 14.5 Å². The maximum absolute atomic E-state index is 14.7. The number of benzene rings is 2. The third kappa shape index (κ3) is 3.05. The van der Waals surface area contributed by atoms with Crippen LogP contribution in [-0.2, 0) is 0 Å². The number of hydrogen-bond acceptors (Lipinski definition) is 3. The molecule has 5 rings (SSSR count). The minimum absolute atomic E-state index is 0.0160. The summed E-state index contributed by atoms with van der Waals surface area (Å²) in [6, 6.07) is 6.16. The molecule has 2 fully saturated rings. The van der Waals surface area contributed by atoms with Crippen molar-refractivity contribution in [1.29, 1.82) is 0 Å². The van der Waals surface area contributed by atoms with Crippen molar-refractivity contribution in [3.63, 3.8) is 0 Å². The Hall–Kier alpha value is -1.85. The lowest BCUT2D eigenvalue weighted by molar-refractivity contribution is 0.172. The van der Waals surface area contributed by atoms with Gasteiger partial charge in [0.05, 0.1) is 11.3 Å². The molecule has 0 bridgehead atoms. The van der Waals surface area contributed by atoms with E-state index in [0.717, 1.165) is 62.4 Å². The number of anilines is 1. The molecule has 2 atom stereocenters. The standard InChI is InChI=1S/C22H23ClF2N2O/c23-14-10-17(24)21(18(25)11-14)13-8-15-16-12-26-5-4-20(16)28-22(15)19(9-13)27-6-2-1-3-7-27/h8-11,16,20,26H,1-7,12H2. The van der Waals surface area contributed by atoms with Gasteiger partial charge in [-0.2, -0.15) is 0 Å². The van der Waals surface area contributed by atoms with Crippen molar-refractivity contribution in [1.82, 2.24) is 5.32 Å². The molecule has 0 spiro atoms. The van der Waals surface area contributed by atoms with E-state index >= 15 is 0 Å².